The van der Waals surface area contributed by atoms with Crippen LogP contribution in [0.3, 0.4) is 0 Å². The number of aliphatic hydroxyl groups excluding tert-OH is 17. The van der Waals surface area contributed by atoms with Gasteiger partial charge in [-0.05, 0) is 0 Å². The third kappa shape index (κ3) is 15.4. The van der Waals surface area contributed by atoms with E-state index in [2.05, 4.69) is 22.6 Å². The maximum atomic E-state index is 13.0. The van der Waals surface area contributed by atoms with Gasteiger partial charge >= 0.3 is 31.3 Å². The van der Waals surface area contributed by atoms with E-state index in [1.165, 1.54) is 0 Å². The van der Waals surface area contributed by atoms with Crippen LogP contribution in [0.1, 0.15) is 0 Å². The number of hydrogen-bond acceptors (Lipinski definition) is 34. The molecule has 0 aliphatic carbocycles. The zero-order chi connectivity index (χ0) is 54.2. The lowest BCUT2D eigenvalue weighted by atomic mass is 9.99. The molecular formula is C30H56O38P4. The second-order valence-electron chi connectivity index (χ2n) is 16.3. The average molecular weight is 1150 g/mol. The van der Waals surface area contributed by atoms with E-state index in [0.29, 0.717) is 0 Å². The summed E-state index contributed by atoms with van der Waals surface area (Å²) in [6.07, 6.45) is -54.5. The van der Waals surface area contributed by atoms with Crippen molar-refractivity contribution >= 4 is 31.3 Å². The van der Waals surface area contributed by atoms with Crippen LogP contribution < -0.4 is 0 Å². The highest BCUT2D eigenvalue weighted by molar-refractivity contribution is 7.48. The Morgan fingerprint density at radius 1 is 0.292 bits per heavy atom. The molecule has 5 heterocycles. The minimum Gasteiger partial charge on any atom is -0.394 e. The third-order valence-electron chi connectivity index (χ3n) is 11.1. The standard InChI is InChI=1S/C30H56O38P4/c31-1-6-11(32)17(38)22(43)27(61-6)65-70(50,51)57-3-8-13(34)19(40)24(45)29(63-8)67-72(54,55)59-5-10-15(36)20(41)25(46)30(64-10)68-71(52,53)58-4-9-14(35)18(39)23(44)28(62-9)66-69(48,49)56-2-7-12(33)16(37)21(42)26(47)60-7/h6-47H,1-5H2,(H,48,49)(H,50,51)(H,52,53)(H,54,55)/t6-,7-,8-,9-,10-,11-,12-,13-,14-,15-,16+,17+,18+,19+,20+,21+,22+,23+,24+,25+,26?,27?,28?,29?,30?/m1/s1. The summed E-state index contributed by atoms with van der Waals surface area (Å²) in [4.78, 5) is 41.2. The predicted molar refractivity (Wildman–Crippen MR) is 210 cm³/mol. The average Bonchev–Trinajstić information content (AvgIpc) is 3.30. The van der Waals surface area contributed by atoms with Gasteiger partial charge in [0, 0.05) is 0 Å². The summed E-state index contributed by atoms with van der Waals surface area (Å²) in [5.41, 5.74) is 0. The Morgan fingerprint density at radius 2 is 0.500 bits per heavy atom. The van der Waals surface area contributed by atoms with Gasteiger partial charge in [0.1, 0.15) is 122 Å². The second kappa shape index (κ2) is 25.1. The summed E-state index contributed by atoms with van der Waals surface area (Å²) in [5.74, 6) is 0. The number of rotatable bonds is 21. The fourth-order valence-electron chi connectivity index (χ4n) is 6.96. The molecule has 42 heteroatoms. The summed E-state index contributed by atoms with van der Waals surface area (Å²) in [7, 11) is -22.3. The highest BCUT2D eigenvalue weighted by atomic mass is 31.2. The number of phosphoric acid groups is 4. The molecule has 38 nitrogen and oxygen atoms in total. The third-order valence-corrected chi connectivity index (χ3v) is 14.9. The van der Waals surface area contributed by atoms with E-state index in [4.69, 9.17) is 37.3 Å². The molecule has 0 aromatic carbocycles. The van der Waals surface area contributed by atoms with Gasteiger partial charge in [-0.3, -0.25) is 36.2 Å². The van der Waals surface area contributed by atoms with Gasteiger partial charge < -0.3 is 130 Å². The first-order valence-corrected chi connectivity index (χ1v) is 26.6. The number of ether oxygens (including phenoxy) is 5. The van der Waals surface area contributed by atoms with Crippen molar-refractivity contribution in [1.29, 1.82) is 0 Å². The fraction of sp³-hybridized carbons (Fsp3) is 1.00. The van der Waals surface area contributed by atoms with Crippen molar-refractivity contribution in [2.75, 3.05) is 33.0 Å². The van der Waals surface area contributed by atoms with Gasteiger partial charge in [-0.1, -0.05) is 0 Å². The van der Waals surface area contributed by atoms with Crippen LogP contribution in [0, 0.1) is 0 Å². The topological polar surface area (TPSA) is 613 Å². The van der Waals surface area contributed by atoms with Gasteiger partial charge in [0.25, 0.3) is 0 Å². The Kier molecular flexibility index (Phi) is 21.8. The van der Waals surface area contributed by atoms with E-state index >= 15 is 0 Å². The van der Waals surface area contributed by atoms with Gasteiger partial charge in [-0.25, -0.2) is 18.3 Å². The molecule has 0 aromatic rings. The molecule has 0 saturated carbocycles. The van der Waals surface area contributed by atoms with Crippen LogP contribution in [0.25, 0.3) is 0 Å². The van der Waals surface area contributed by atoms with E-state index < -0.39 is 218 Å². The molecule has 5 aliphatic heterocycles. The second-order valence-corrected chi connectivity index (χ2v) is 21.9. The fourth-order valence-corrected chi connectivity index (χ4v) is 10.3. The summed E-state index contributed by atoms with van der Waals surface area (Å²) in [5, 5.41) is 172. The summed E-state index contributed by atoms with van der Waals surface area (Å²) in [6.45, 7) is -6.12. The van der Waals surface area contributed by atoms with Crippen molar-refractivity contribution in [3.05, 3.63) is 0 Å². The van der Waals surface area contributed by atoms with Crippen molar-refractivity contribution < 1.29 is 185 Å². The molecular weight excluding hydrogens is 1090 g/mol. The van der Waals surface area contributed by atoms with Crippen LogP contribution in [0.5, 0.6) is 0 Å². The van der Waals surface area contributed by atoms with Crippen LogP contribution in [0.15, 0.2) is 0 Å². The highest BCUT2D eigenvalue weighted by Crippen LogP contribution is 2.51. The van der Waals surface area contributed by atoms with Crippen LogP contribution in [0.2, 0.25) is 0 Å². The monoisotopic (exact) mass is 1150 g/mol. The SMILES string of the molecule is O=P(O)(OC[C@H]1OC(OP(=O)(O)OC[C@H]2OC(OP(=O)(O)OC[C@H]3OC(OP(=O)(O)OC[C@H]4OC(O)[C@@H](O)[C@@H](O)[C@@H]4O)[C@@H](O)[C@@H](O)[C@@H]3O)[C@@H](O)[C@@H](O)[C@@H]2O)[C@@H](O)[C@@H](O)[C@@H]1O)OC1O[C@H](CO)[C@@H](O)[C@H](O)[C@@H]1O. The van der Waals surface area contributed by atoms with E-state index in [1.54, 1.807) is 0 Å². The molecule has 0 spiro atoms. The van der Waals surface area contributed by atoms with Crippen LogP contribution in [-0.4, -0.2) is 293 Å². The van der Waals surface area contributed by atoms with Gasteiger partial charge in [0.15, 0.2) is 31.5 Å². The first-order valence-electron chi connectivity index (χ1n) is 20.6. The minimum atomic E-state index is -5.68. The normalized spacial score (nSPS) is 47.7. The van der Waals surface area contributed by atoms with Crippen molar-refractivity contribution in [2.24, 2.45) is 0 Å². The van der Waals surface area contributed by atoms with Crippen LogP contribution in [-0.2, 0) is 78.1 Å². The first-order chi connectivity index (χ1) is 33.2. The predicted octanol–water partition coefficient (Wildman–Crippen LogP) is -11.5. The van der Waals surface area contributed by atoms with Crippen molar-refractivity contribution in [3.8, 4) is 0 Å². The quantitative estimate of drug-likeness (QED) is 0.0475. The minimum absolute atomic E-state index is 0.960. The maximum absolute atomic E-state index is 13.0. The smallest absolute Gasteiger partial charge is 0.394 e. The Labute approximate surface area is 402 Å². The lowest BCUT2D eigenvalue weighted by Gasteiger charge is -2.42. The van der Waals surface area contributed by atoms with E-state index in [0.717, 1.165) is 0 Å². The molecule has 9 unspecified atom stereocenters. The Bertz CT molecular complexity index is 1940. The molecule has 21 N–H and O–H groups in total. The summed E-state index contributed by atoms with van der Waals surface area (Å²) in [6, 6.07) is 0. The molecule has 424 valence electrons. The molecule has 0 amide bonds. The lowest BCUT2D eigenvalue weighted by Crippen LogP contribution is -2.59. The first kappa shape index (κ1) is 62.4. The number of aliphatic hydroxyl groups is 17. The molecule has 5 saturated heterocycles. The van der Waals surface area contributed by atoms with Gasteiger partial charge in [0.2, 0.25) is 0 Å². The van der Waals surface area contributed by atoms with Crippen LogP contribution >= 0.6 is 31.3 Å². The van der Waals surface area contributed by atoms with Gasteiger partial charge in [-0.2, -0.15) is 0 Å². The summed E-state index contributed by atoms with van der Waals surface area (Å²) >= 11 is 0. The van der Waals surface area contributed by atoms with Crippen molar-refractivity contribution in [2.45, 2.75) is 154 Å². The van der Waals surface area contributed by atoms with Crippen LogP contribution in [0.4, 0.5) is 0 Å². The van der Waals surface area contributed by atoms with Gasteiger partial charge in [0.05, 0.1) is 33.0 Å². The highest BCUT2D eigenvalue weighted by Gasteiger charge is 2.53. The van der Waals surface area contributed by atoms with Crippen molar-refractivity contribution in [3.63, 3.8) is 0 Å². The molecule has 5 aliphatic rings. The van der Waals surface area contributed by atoms with Gasteiger partial charge in [-0.15, -0.1) is 0 Å². The number of phosphoric ester groups is 4. The zero-order valence-corrected chi connectivity index (χ0v) is 39.7. The van der Waals surface area contributed by atoms with Crippen molar-refractivity contribution in [1.82, 2.24) is 0 Å². The molecule has 5 fully saturated rings. The molecule has 0 aromatic heterocycles. The molecule has 72 heavy (non-hydrogen) atoms. The number of hydrogen-bond donors (Lipinski definition) is 21. The molecule has 0 radical (unpaired) electrons. The Hall–Kier alpha value is -0.440. The lowest BCUT2D eigenvalue weighted by molar-refractivity contribution is -0.291. The van der Waals surface area contributed by atoms with E-state index in [9.17, 15) is 125 Å². The molecule has 0 bridgehead atoms. The Balaban J connectivity index is 1.13. The largest absolute Gasteiger partial charge is 0.474 e. The zero-order valence-electron chi connectivity index (χ0n) is 36.1. The van der Waals surface area contributed by atoms with E-state index in [-0.39, 0.29) is 0 Å². The molecule has 29 atom stereocenters. The Morgan fingerprint density at radius 3 is 0.750 bits per heavy atom. The van der Waals surface area contributed by atoms with E-state index in [1.807, 2.05) is 0 Å². The molecule has 5 rings (SSSR count). The maximum Gasteiger partial charge on any atom is 0.474 e. The summed E-state index contributed by atoms with van der Waals surface area (Å²) < 4.78 is 114.